The van der Waals surface area contributed by atoms with Crippen LogP contribution in [0.3, 0.4) is 0 Å². The summed E-state index contributed by atoms with van der Waals surface area (Å²) in [7, 11) is 0. The van der Waals surface area contributed by atoms with Gasteiger partial charge < -0.3 is 10.2 Å². The van der Waals surface area contributed by atoms with Crippen LogP contribution in [0.2, 0.25) is 0 Å². The van der Waals surface area contributed by atoms with Crippen LogP contribution < -0.4 is 0 Å². The van der Waals surface area contributed by atoms with Crippen molar-refractivity contribution in [1.29, 1.82) is 0 Å². The van der Waals surface area contributed by atoms with Gasteiger partial charge in [-0.05, 0) is 38.0 Å². The zero-order valence-electron chi connectivity index (χ0n) is 7.63. The second kappa shape index (κ2) is 2.79. The van der Waals surface area contributed by atoms with E-state index in [1.807, 2.05) is 6.07 Å². The molecule has 66 valence electrons. The van der Waals surface area contributed by atoms with Crippen molar-refractivity contribution in [3.05, 3.63) is 29.3 Å². The third-order valence-corrected chi connectivity index (χ3v) is 1.96. The van der Waals surface area contributed by atoms with Crippen LogP contribution >= 0.6 is 0 Å². The lowest BCUT2D eigenvalue weighted by atomic mass is 9.93. The Bertz CT molecular complexity index is 284. The first-order valence-corrected chi connectivity index (χ1v) is 3.94. The number of hydrogen-bond donors (Lipinski definition) is 2. The first-order chi connectivity index (χ1) is 5.43. The van der Waals surface area contributed by atoms with Gasteiger partial charge in [-0.2, -0.15) is 0 Å². The summed E-state index contributed by atoms with van der Waals surface area (Å²) in [4.78, 5) is 0. The molecule has 0 aliphatic heterocycles. The van der Waals surface area contributed by atoms with Gasteiger partial charge in [-0.25, -0.2) is 0 Å². The van der Waals surface area contributed by atoms with E-state index in [2.05, 4.69) is 0 Å². The quantitative estimate of drug-likeness (QED) is 0.669. The van der Waals surface area contributed by atoms with E-state index in [1.165, 1.54) is 0 Å². The maximum absolute atomic E-state index is 9.68. The largest absolute Gasteiger partial charge is 0.508 e. The molecule has 1 aromatic rings. The Hall–Kier alpha value is -1.02. The molecule has 0 aliphatic carbocycles. The molecule has 0 radical (unpaired) electrons. The number of rotatable bonds is 1. The second-order valence-electron chi connectivity index (χ2n) is 3.51. The fourth-order valence-electron chi connectivity index (χ4n) is 1.29. The average molecular weight is 166 g/mol. The molecule has 0 spiro atoms. The molecule has 0 aromatic heterocycles. The zero-order valence-corrected chi connectivity index (χ0v) is 7.63. The fourth-order valence-corrected chi connectivity index (χ4v) is 1.29. The third-order valence-electron chi connectivity index (χ3n) is 1.96. The van der Waals surface area contributed by atoms with Crippen molar-refractivity contribution in [2.24, 2.45) is 0 Å². The van der Waals surface area contributed by atoms with E-state index in [4.69, 9.17) is 0 Å². The Kier molecular flexibility index (Phi) is 2.11. The molecule has 0 aliphatic rings. The van der Waals surface area contributed by atoms with Gasteiger partial charge in [-0.1, -0.05) is 12.1 Å². The van der Waals surface area contributed by atoms with Crippen molar-refractivity contribution in [3.8, 4) is 5.75 Å². The van der Waals surface area contributed by atoms with E-state index in [0.717, 1.165) is 11.1 Å². The lowest BCUT2D eigenvalue weighted by Gasteiger charge is -2.20. The highest BCUT2D eigenvalue weighted by Gasteiger charge is 2.19. The fraction of sp³-hybridized carbons (Fsp3) is 0.400. The molecule has 1 rings (SSSR count). The number of phenols is 1. The predicted octanol–water partition coefficient (Wildman–Crippen LogP) is 1.93. The highest BCUT2D eigenvalue weighted by atomic mass is 16.3. The van der Waals surface area contributed by atoms with Crippen molar-refractivity contribution in [2.45, 2.75) is 26.4 Å². The van der Waals surface area contributed by atoms with Crippen LogP contribution in [0.5, 0.6) is 5.75 Å². The van der Waals surface area contributed by atoms with Crippen LogP contribution in [-0.4, -0.2) is 10.2 Å². The van der Waals surface area contributed by atoms with E-state index in [9.17, 15) is 10.2 Å². The summed E-state index contributed by atoms with van der Waals surface area (Å²) in [5.41, 5.74) is 0.621. The minimum atomic E-state index is -0.886. The number of phenolic OH excluding ortho intramolecular Hbond substituents is 1. The van der Waals surface area contributed by atoms with Crippen LogP contribution in [0.1, 0.15) is 25.0 Å². The lowest BCUT2D eigenvalue weighted by Crippen LogP contribution is -2.16. The lowest BCUT2D eigenvalue weighted by molar-refractivity contribution is 0.0776. The predicted molar refractivity (Wildman–Crippen MR) is 48.1 cm³/mol. The smallest absolute Gasteiger partial charge is 0.118 e. The van der Waals surface area contributed by atoms with Crippen molar-refractivity contribution in [1.82, 2.24) is 0 Å². The molecule has 0 saturated carbocycles. The summed E-state index contributed by atoms with van der Waals surface area (Å²) in [6.07, 6.45) is 0. The van der Waals surface area contributed by atoms with Crippen LogP contribution in [0.25, 0.3) is 0 Å². The number of benzene rings is 1. The van der Waals surface area contributed by atoms with Gasteiger partial charge in [0.2, 0.25) is 0 Å². The van der Waals surface area contributed by atoms with Crippen molar-refractivity contribution >= 4 is 0 Å². The van der Waals surface area contributed by atoms with Crippen molar-refractivity contribution in [3.63, 3.8) is 0 Å². The van der Waals surface area contributed by atoms with E-state index in [1.54, 1.807) is 32.9 Å². The highest BCUT2D eigenvalue weighted by Crippen LogP contribution is 2.28. The molecule has 2 nitrogen and oxygen atoms in total. The van der Waals surface area contributed by atoms with Crippen LogP contribution in [-0.2, 0) is 5.60 Å². The van der Waals surface area contributed by atoms with Gasteiger partial charge in [-0.15, -0.1) is 0 Å². The first-order valence-electron chi connectivity index (χ1n) is 3.94. The van der Waals surface area contributed by atoms with E-state index < -0.39 is 5.60 Å². The number of hydrogen-bond acceptors (Lipinski definition) is 2. The monoisotopic (exact) mass is 166 g/mol. The molecule has 12 heavy (non-hydrogen) atoms. The molecule has 2 heteroatoms. The zero-order chi connectivity index (χ0) is 9.35. The average Bonchev–Trinajstić information content (AvgIpc) is 1.92. The summed E-state index contributed by atoms with van der Waals surface area (Å²) in [5.74, 6) is 0.231. The van der Waals surface area contributed by atoms with E-state index in [-0.39, 0.29) is 5.75 Å². The summed E-state index contributed by atoms with van der Waals surface area (Å²) in [6, 6.07) is 5.16. The maximum Gasteiger partial charge on any atom is 0.118 e. The molecule has 0 atom stereocenters. The van der Waals surface area contributed by atoms with E-state index >= 15 is 0 Å². The summed E-state index contributed by atoms with van der Waals surface area (Å²) in [6.45, 7) is 5.20. The van der Waals surface area contributed by atoms with Gasteiger partial charge in [0.25, 0.3) is 0 Å². The summed E-state index contributed by atoms with van der Waals surface area (Å²) >= 11 is 0. The molecular weight excluding hydrogens is 152 g/mol. The Morgan fingerprint density at radius 3 is 2.25 bits per heavy atom. The van der Waals surface area contributed by atoms with Gasteiger partial charge in [0.1, 0.15) is 5.75 Å². The van der Waals surface area contributed by atoms with Gasteiger partial charge >= 0.3 is 0 Å². The summed E-state index contributed by atoms with van der Waals surface area (Å²) < 4.78 is 0. The molecule has 0 unspecified atom stereocenters. The van der Waals surface area contributed by atoms with Gasteiger partial charge in [0, 0.05) is 0 Å². The van der Waals surface area contributed by atoms with Crippen LogP contribution in [0.15, 0.2) is 18.2 Å². The molecule has 0 fully saturated rings. The number of aromatic hydroxyl groups is 1. The van der Waals surface area contributed by atoms with Gasteiger partial charge in [0.15, 0.2) is 0 Å². The molecule has 0 bridgehead atoms. The van der Waals surface area contributed by atoms with Gasteiger partial charge in [0.05, 0.1) is 5.60 Å². The molecule has 0 heterocycles. The molecule has 1 aromatic carbocycles. The highest BCUT2D eigenvalue weighted by molar-refractivity contribution is 5.40. The number of aliphatic hydroxyl groups is 1. The third kappa shape index (κ3) is 1.59. The summed E-state index contributed by atoms with van der Waals surface area (Å²) in [5, 5.41) is 19.0. The Labute approximate surface area is 72.5 Å². The SMILES string of the molecule is Cc1c(O)cccc1C(C)(C)O. The Morgan fingerprint density at radius 2 is 1.83 bits per heavy atom. The first kappa shape index (κ1) is 9.07. The van der Waals surface area contributed by atoms with Crippen LogP contribution in [0.4, 0.5) is 0 Å². The normalized spacial score (nSPS) is 11.7. The second-order valence-corrected chi connectivity index (χ2v) is 3.51. The molecule has 0 amide bonds. The minimum absolute atomic E-state index is 0.231. The van der Waals surface area contributed by atoms with Gasteiger partial charge in [-0.3, -0.25) is 0 Å². The topological polar surface area (TPSA) is 40.5 Å². The molecule has 2 N–H and O–H groups in total. The van der Waals surface area contributed by atoms with Crippen molar-refractivity contribution in [2.75, 3.05) is 0 Å². The van der Waals surface area contributed by atoms with Crippen LogP contribution in [0, 0.1) is 6.92 Å². The standard InChI is InChI=1S/C10H14O2/c1-7-8(10(2,3)12)5-4-6-9(7)11/h4-6,11-12H,1-3H3. The minimum Gasteiger partial charge on any atom is -0.508 e. The van der Waals surface area contributed by atoms with Crippen molar-refractivity contribution < 1.29 is 10.2 Å². The Morgan fingerprint density at radius 1 is 1.25 bits per heavy atom. The van der Waals surface area contributed by atoms with E-state index in [0.29, 0.717) is 0 Å². The Balaban J connectivity index is 3.26. The molecule has 0 saturated heterocycles. The molecular formula is C10H14O2. The maximum atomic E-state index is 9.68.